The smallest absolute Gasteiger partial charge is 0.306 e. The van der Waals surface area contributed by atoms with Crippen LogP contribution in [0.4, 0.5) is 0 Å². The Kier molecular flexibility index (Phi) is 36.7. The zero-order valence-corrected chi connectivity index (χ0v) is 37.2. The van der Waals surface area contributed by atoms with Crippen LogP contribution in [0.1, 0.15) is 168 Å². The van der Waals surface area contributed by atoms with Crippen molar-refractivity contribution in [2.24, 2.45) is 0 Å². The van der Waals surface area contributed by atoms with Crippen LogP contribution in [0, 0.1) is 0 Å². The van der Waals surface area contributed by atoms with Crippen LogP contribution in [-0.2, 0) is 32.7 Å². The van der Waals surface area contributed by atoms with E-state index in [2.05, 4.69) is 68.5 Å². The van der Waals surface area contributed by atoms with Gasteiger partial charge >= 0.3 is 11.9 Å². The van der Waals surface area contributed by atoms with E-state index in [1.807, 2.05) is 27.2 Å². The van der Waals surface area contributed by atoms with Gasteiger partial charge in [-0.2, -0.15) is 0 Å². The maximum atomic E-state index is 12.6. The summed E-state index contributed by atoms with van der Waals surface area (Å²) in [5.41, 5.74) is 0. The normalized spacial score (nSPS) is 14.2. The van der Waals surface area contributed by atoms with E-state index in [0.717, 1.165) is 57.8 Å². The first kappa shape index (κ1) is 53.7. The van der Waals surface area contributed by atoms with Crippen LogP contribution in [0.2, 0.25) is 0 Å². The standard InChI is InChI=1S/C46H82NO8P/c1-6-8-10-12-14-16-18-20-22-23-25-27-29-31-33-35-37-39-46(49)55-44(43-54-56(50,51)53-41-40-47(3,4)5)42-52-45(48)38-36-34-32-30-28-26-24-21-19-17-15-13-11-9-7-2/h15,17,20-22,24-25,27,31,33,44H,6-14,16,18-19,23,26,28-30,32,34-43H2,1-5H3/b17-15-,22-20-,24-21-,27-25-,33-31-/t44-/m1/s1. The number of unbranched alkanes of at least 4 members (excludes halogenated alkanes) is 15. The van der Waals surface area contributed by atoms with Gasteiger partial charge in [0.1, 0.15) is 19.8 Å². The van der Waals surface area contributed by atoms with Crippen molar-refractivity contribution in [1.29, 1.82) is 0 Å². The Hall–Kier alpha value is -2.29. The molecule has 0 rings (SSSR count). The molecule has 0 bridgehead atoms. The highest BCUT2D eigenvalue weighted by atomic mass is 31.2. The molecule has 0 fully saturated rings. The number of ether oxygens (including phenoxy) is 2. The first-order valence-corrected chi connectivity index (χ1v) is 23.5. The van der Waals surface area contributed by atoms with Crippen molar-refractivity contribution >= 4 is 19.8 Å². The summed E-state index contributed by atoms with van der Waals surface area (Å²) >= 11 is 0. The molecule has 324 valence electrons. The summed E-state index contributed by atoms with van der Waals surface area (Å²) in [6.07, 6.45) is 45.4. The topological polar surface area (TPSA) is 111 Å². The summed E-state index contributed by atoms with van der Waals surface area (Å²) in [5, 5.41) is 0. The van der Waals surface area contributed by atoms with E-state index in [4.69, 9.17) is 18.5 Å². The molecule has 0 amide bonds. The second-order valence-corrected chi connectivity index (χ2v) is 17.1. The summed E-state index contributed by atoms with van der Waals surface area (Å²) in [6.45, 7) is 4.10. The minimum atomic E-state index is -4.64. The molecular formula is C46H82NO8P. The van der Waals surface area contributed by atoms with Crippen molar-refractivity contribution in [3.63, 3.8) is 0 Å². The molecule has 2 atom stereocenters. The van der Waals surface area contributed by atoms with E-state index >= 15 is 0 Å². The number of phosphoric acid groups is 1. The average molecular weight is 808 g/mol. The maximum Gasteiger partial charge on any atom is 0.306 e. The lowest BCUT2D eigenvalue weighted by molar-refractivity contribution is -0.870. The number of phosphoric ester groups is 1. The van der Waals surface area contributed by atoms with Gasteiger partial charge in [-0.1, -0.05) is 139 Å². The van der Waals surface area contributed by atoms with Gasteiger partial charge in [-0.25, -0.2) is 0 Å². The van der Waals surface area contributed by atoms with Gasteiger partial charge in [0.2, 0.25) is 0 Å². The molecular weight excluding hydrogens is 725 g/mol. The largest absolute Gasteiger partial charge is 0.756 e. The van der Waals surface area contributed by atoms with E-state index in [0.29, 0.717) is 30.3 Å². The van der Waals surface area contributed by atoms with Crippen molar-refractivity contribution in [1.82, 2.24) is 0 Å². The predicted molar refractivity (Wildman–Crippen MR) is 231 cm³/mol. The summed E-state index contributed by atoms with van der Waals surface area (Å²) in [7, 11) is 1.12. The first-order valence-electron chi connectivity index (χ1n) is 22.0. The van der Waals surface area contributed by atoms with Crippen LogP contribution in [-0.4, -0.2) is 70.0 Å². The van der Waals surface area contributed by atoms with Gasteiger partial charge in [-0.3, -0.25) is 14.2 Å². The summed E-state index contributed by atoms with van der Waals surface area (Å²) in [5.74, 6) is -0.916. The Morgan fingerprint density at radius 2 is 0.982 bits per heavy atom. The molecule has 0 radical (unpaired) electrons. The third-order valence-electron chi connectivity index (χ3n) is 9.01. The van der Waals surface area contributed by atoms with Crippen molar-refractivity contribution in [3.8, 4) is 0 Å². The molecule has 1 unspecified atom stereocenters. The second-order valence-electron chi connectivity index (χ2n) is 15.7. The number of likely N-dealkylation sites (N-methyl/N-ethyl adjacent to an activating group) is 1. The van der Waals surface area contributed by atoms with Gasteiger partial charge in [0.25, 0.3) is 7.82 Å². The van der Waals surface area contributed by atoms with Crippen molar-refractivity contribution < 1.29 is 42.1 Å². The Labute approximate surface area is 343 Å². The number of nitrogens with zero attached hydrogens (tertiary/aromatic N) is 1. The van der Waals surface area contributed by atoms with Crippen molar-refractivity contribution in [2.45, 2.75) is 174 Å². The van der Waals surface area contributed by atoms with E-state index in [1.54, 1.807) is 0 Å². The third kappa shape index (κ3) is 41.3. The lowest BCUT2D eigenvalue weighted by Gasteiger charge is -2.28. The zero-order valence-electron chi connectivity index (χ0n) is 36.3. The van der Waals surface area contributed by atoms with Crippen molar-refractivity contribution in [2.75, 3.05) is 47.5 Å². The number of esters is 2. The second kappa shape index (κ2) is 38.2. The number of hydrogen-bond donors (Lipinski definition) is 0. The SMILES string of the molecule is CCCCC/C=C\C/C=C\CCCCCCCC(=O)OC[C@H](COP(=O)([O-])OCC[N+](C)(C)C)OC(=O)CCC/C=C\C/C=C\C/C=C\CCCCCCCC. The lowest BCUT2D eigenvalue weighted by Crippen LogP contribution is -2.37. The number of rotatable bonds is 39. The molecule has 0 aliphatic rings. The highest BCUT2D eigenvalue weighted by molar-refractivity contribution is 7.45. The fourth-order valence-corrected chi connectivity index (χ4v) is 6.25. The molecule has 9 nitrogen and oxygen atoms in total. The van der Waals surface area contributed by atoms with Gasteiger partial charge < -0.3 is 27.9 Å². The van der Waals surface area contributed by atoms with E-state index in [9.17, 15) is 19.0 Å². The van der Waals surface area contributed by atoms with Gasteiger partial charge in [-0.05, 0) is 77.0 Å². The Morgan fingerprint density at radius 3 is 1.52 bits per heavy atom. The first-order chi connectivity index (χ1) is 27.0. The molecule has 0 spiro atoms. The van der Waals surface area contributed by atoms with Gasteiger partial charge in [0.05, 0.1) is 27.7 Å². The van der Waals surface area contributed by atoms with Crippen LogP contribution in [0.25, 0.3) is 0 Å². The Balaban J connectivity index is 4.49. The number of hydrogen-bond acceptors (Lipinski definition) is 8. The molecule has 0 aliphatic heterocycles. The molecule has 0 aromatic carbocycles. The van der Waals surface area contributed by atoms with Crippen molar-refractivity contribution in [3.05, 3.63) is 60.8 Å². The van der Waals surface area contributed by atoms with Crippen LogP contribution >= 0.6 is 7.82 Å². The van der Waals surface area contributed by atoms with E-state index < -0.39 is 32.5 Å². The molecule has 10 heteroatoms. The van der Waals surface area contributed by atoms with Crippen LogP contribution in [0.5, 0.6) is 0 Å². The Morgan fingerprint density at radius 1 is 0.554 bits per heavy atom. The van der Waals surface area contributed by atoms with Crippen LogP contribution in [0.15, 0.2) is 60.8 Å². The van der Waals surface area contributed by atoms with Gasteiger partial charge in [0, 0.05) is 12.8 Å². The average Bonchev–Trinajstić information content (AvgIpc) is 3.15. The van der Waals surface area contributed by atoms with Gasteiger partial charge in [0.15, 0.2) is 6.10 Å². The summed E-state index contributed by atoms with van der Waals surface area (Å²) < 4.78 is 33.8. The minimum Gasteiger partial charge on any atom is -0.756 e. The zero-order chi connectivity index (χ0) is 41.4. The molecule has 0 aliphatic carbocycles. The highest BCUT2D eigenvalue weighted by Gasteiger charge is 2.21. The van der Waals surface area contributed by atoms with Crippen LogP contribution < -0.4 is 4.89 Å². The fourth-order valence-electron chi connectivity index (χ4n) is 5.52. The third-order valence-corrected chi connectivity index (χ3v) is 9.97. The molecule has 0 aromatic heterocycles. The predicted octanol–water partition coefficient (Wildman–Crippen LogP) is 11.8. The number of quaternary nitrogens is 1. The van der Waals surface area contributed by atoms with E-state index in [-0.39, 0.29) is 26.1 Å². The highest BCUT2D eigenvalue weighted by Crippen LogP contribution is 2.38. The number of carbonyl (C=O) groups excluding carboxylic acids is 2. The summed E-state index contributed by atoms with van der Waals surface area (Å²) in [6, 6.07) is 0. The maximum absolute atomic E-state index is 12.6. The molecule has 0 saturated heterocycles. The van der Waals surface area contributed by atoms with Crippen LogP contribution in [0.3, 0.4) is 0 Å². The quantitative estimate of drug-likeness (QED) is 0.0198. The lowest BCUT2D eigenvalue weighted by atomic mass is 10.1. The molecule has 0 aromatic rings. The van der Waals surface area contributed by atoms with E-state index in [1.165, 1.54) is 64.2 Å². The molecule has 0 saturated carbocycles. The molecule has 56 heavy (non-hydrogen) atoms. The molecule has 0 heterocycles. The Bertz CT molecular complexity index is 1140. The number of carbonyl (C=O) groups is 2. The minimum absolute atomic E-state index is 0.0447. The fraction of sp³-hybridized carbons (Fsp3) is 0.739. The van der Waals surface area contributed by atoms with Gasteiger partial charge in [-0.15, -0.1) is 0 Å². The summed E-state index contributed by atoms with van der Waals surface area (Å²) in [4.78, 5) is 37.5. The number of allylic oxidation sites excluding steroid dienone is 10. The molecule has 0 N–H and O–H groups in total. The monoisotopic (exact) mass is 808 g/mol.